The van der Waals surface area contributed by atoms with Crippen LogP contribution in [0.1, 0.15) is 52.7 Å². The average molecular weight is 467 g/mol. The van der Waals surface area contributed by atoms with Crippen LogP contribution in [-0.2, 0) is 0 Å². The van der Waals surface area contributed by atoms with Gasteiger partial charge in [0.25, 0.3) is 0 Å². The molecule has 30 heavy (non-hydrogen) atoms. The largest absolute Gasteiger partial charge is 0.316 e. The number of aromatic nitrogens is 1. The molecule has 2 nitrogen and oxygen atoms in total. The van der Waals surface area contributed by atoms with Crippen LogP contribution in [0.25, 0.3) is 0 Å². The molecule has 0 saturated carbocycles. The molecule has 0 bridgehead atoms. The lowest BCUT2D eigenvalue weighted by Gasteiger charge is -2.40. The smallest absolute Gasteiger partial charge is 0.253 e. The minimum absolute atomic E-state index is 0.0929. The van der Waals surface area contributed by atoms with Crippen molar-refractivity contribution in [1.29, 1.82) is 0 Å². The molecule has 2 rings (SSSR count). The summed E-state index contributed by atoms with van der Waals surface area (Å²) >= 11 is 7.04. The highest BCUT2D eigenvalue weighted by Crippen LogP contribution is 2.53. The Morgan fingerprint density at radius 2 is 1.97 bits per heavy atom. The molecule has 1 aromatic heterocycles. The van der Waals surface area contributed by atoms with Gasteiger partial charge in [-0.3, -0.25) is 4.98 Å². The maximum absolute atomic E-state index is 14.6. The number of alkyl halides is 4. The van der Waals surface area contributed by atoms with Gasteiger partial charge in [-0.2, -0.15) is 8.78 Å². The molecule has 1 aliphatic carbocycles. The average Bonchev–Trinajstić information content (AvgIpc) is 2.62. The van der Waals surface area contributed by atoms with Crippen molar-refractivity contribution < 1.29 is 22.0 Å². The van der Waals surface area contributed by atoms with Crippen molar-refractivity contribution in [1.82, 2.24) is 4.98 Å². The summed E-state index contributed by atoms with van der Waals surface area (Å²) in [5, 5.41) is 0.356. The molecule has 1 atom stereocenters. The van der Waals surface area contributed by atoms with Gasteiger partial charge in [0.2, 0.25) is 0 Å². The van der Waals surface area contributed by atoms with E-state index in [9.17, 15) is 22.0 Å². The first-order valence-electron chi connectivity index (χ1n) is 9.44. The zero-order chi connectivity index (χ0) is 22.7. The zero-order valence-corrected chi connectivity index (χ0v) is 18.7. The molecule has 0 aliphatic heterocycles. The summed E-state index contributed by atoms with van der Waals surface area (Å²) in [6.45, 7) is 7.29. The summed E-state index contributed by atoms with van der Waals surface area (Å²) in [6.07, 6.45) is -1.48. The van der Waals surface area contributed by atoms with Gasteiger partial charge in [-0.15, -0.1) is 0 Å². The Hall–Kier alpha value is -1.41. The van der Waals surface area contributed by atoms with Crippen LogP contribution in [0.15, 0.2) is 46.3 Å². The Morgan fingerprint density at radius 1 is 1.30 bits per heavy atom. The van der Waals surface area contributed by atoms with E-state index in [1.165, 1.54) is 12.3 Å². The monoisotopic (exact) mass is 466 g/mol. The Morgan fingerprint density at radius 3 is 2.47 bits per heavy atom. The van der Waals surface area contributed by atoms with Gasteiger partial charge in [0.05, 0.1) is 16.1 Å². The number of nitrogens with zero attached hydrogens (tertiary/aromatic N) is 2. The molecule has 0 fully saturated rings. The summed E-state index contributed by atoms with van der Waals surface area (Å²) in [5.74, 6) is -5.40. The standard InChI is InChI=1S/C21H24ClF5N2S/c1-5-8-20(21(26,27)18(24)25)10-13(9-15(23)11-20)17(29-30-19(2,3)4)16-7-6-14(22)12-28-16/h6-7,9,11-12,18H,5,8,10H2,1-4H3/b29-17-. The molecule has 1 heterocycles. The summed E-state index contributed by atoms with van der Waals surface area (Å²) in [7, 11) is 0. The van der Waals surface area contributed by atoms with Gasteiger partial charge in [-0.25, -0.2) is 17.6 Å². The van der Waals surface area contributed by atoms with Crippen molar-refractivity contribution in [3.63, 3.8) is 0 Å². The number of halogens is 6. The first-order chi connectivity index (χ1) is 13.8. The number of hydrogen-bond donors (Lipinski definition) is 0. The molecule has 0 radical (unpaired) electrons. The van der Waals surface area contributed by atoms with Gasteiger partial charge >= 0.3 is 12.3 Å². The third-order valence-corrected chi connectivity index (χ3v) is 5.60. The molecule has 166 valence electrons. The molecule has 1 unspecified atom stereocenters. The van der Waals surface area contributed by atoms with Crippen LogP contribution in [0.2, 0.25) is 5.02 Å². The Labute approximate surface area is 182 Å². The Bertz CT molecular complexity index is 844. The second-order valence-electron chi connectivity index (χ2n) is 8.21. The molecule has 1 aliphatic rings. The predicted molar refractivity (Wildman–Crippen MR) is 113 cm³/mol. The van der Waals surface area contributed by atoms with Crippen LogP contribution >= 0.6 is 23.5 Å². The van der Waals surface area contributed by atoms with E-state index in [2.05, 4.69) is 9.38 Å². The van der Waals surface area contributed by atoms with E-state index < -0.39 is 30.0 Å². The molecular formula is C21H24ClF5N2S. The molecule has 1 aromatic rings. The highest BCUT2D eigenvalue weighted by Gasteiger charge is 2.59. The van der Waals surface area contributed by atoms with Crippen molar-refractivity contribution in [3.8, 4) is 0 Å². The lowest BCUT2D eigenvalue weighted by molar-refractivity contribution is -0.194. The van der Waals surface area contributed by atoms with Crippen LogP contribution in [0.5, 0.6) is 0 Å². The lowest BCUT2D eigenvalue weighted by Crippen LogP contribution is -2.47. The number of allylic oxidation sites excluding steroid dienone is 4. The van der Waals surface area contributed by atoms with Crippen molar-refractivity contribution in [3.05, 3.63) is 52.6 Å². The van der Waals surface area contributed by atoms with Gasteiger partial charge in [0.15, 0.2) is 0 Å². The van der Waals surface area contributed by atoms with Crippen LogP contribution in [0, 0.1) is 5.41 Å². The van der Waals surface area contributed by atoms with E-state index in [1.807, 2.05) is 20.8 Å². The van der Waals surface area contributed by atoms with Crippen molar-refractivity contribution in [2.75, 3.05) is 0 Å². The molecule has 9 heteroatoms. The van der Waals surface area contributed by atoms with Crippen LogP contribution in [0.3, 0.4) is 0 Å². The fourth-order valence-electron chi connectivity index (χ4n) is 3.24. The molecular weight excluding hydrogens is 443 g/mol. The number of pyridine rings is 1. The SMILES string of the molecule is CCCC1(C(F)(F)C(F)F)C=C(F)C=C(/C(=N/SC(C)(C)C)c2ccc(Cl)cn2)C1. The highest BCUT2D eigenvalue weighted by molar-refractivity contribution is 7.99. The molecule has 0 aromatic carbocycles. The van der Waals surface area contributed by atoms with Crippen LogP contribution < -0.4 is 0 Å². The van der Waals surface area contributed by atoms with Crippen molar-refractivity contribution in [2.24, 2.45) is 9.81 Å². The molecule has 0 N–H and O–H groups in total. The Balaban J connectivity index is 2.60. The fourth-order valence-corrected chi connectivity index (χ4v) is 3.93. The third kappa shape index (κ3) is 5.63. The van der Waals surface area contributed by atoms with E-state index in [1.54, 1.807) is 13.0 Å². The third-order valence-electron chi connectivity index (χ3n) is 4.55. The number of hydrogen-bond acceptors (Lipinski definition) is 3. The van der Waals surface area contributed by atoms with Gasteiger partial charge in [-0.1, -0.05) is 24.9 Å². The summed E-state index contributed by atoms with van der Waals surface area (Å²) in [4.78, 5) is 4.18. The van der Waals surface area contributed by atoms with Crippen LogP contribution in [-0.4, -0.2) is 27.8 Å². The summed E-state index contributed by atoms with van der Waals surface area (Å²) in [6, 6.07) is 3.08. The van der Waals surface area contributed by atoms with Gasteiger partial charge in [0, 0.05) is 10.9 Å². The maximum atomic E-state index is 14.6. The molecule has 0 spiro atoms. The van der Waals surface area contributed by atoms with E-state index in [0.29, 0.717) is 16.8 Å². The van der Waals surface area contributed by atoms with Gasteiger partial charge in [0.1, 0.15) is 11.5 Å². The zero-order valence-electron chi connectivity index (χ0n) is 17.2. The fraction of sp³-hybridized carbons (Fsp3) is 0.524. The predicted octanol–water partition coefficient (Wildman–Crippen LogP) is 7.84. The first-order valence-corrected chi connectivity index (χ1v) is 10.6. The molecule has 0 amide bonds. The van der Waals surface area contributed by atoms with Crippen molar-refractivity contribution >= 4 is 29.3 Å². The second-order valence-corrected chi connectivity index (χ2v) is 10.2. The topological polar surface area (TPSA) is 25.2 Å². The molecule has 0 saturated heterocycles. The lowest BCUT2D eigenvalue weighted by atomic mass is 9.69. The Kier molecular flexibility index (Phi) is 7.78. The quantitative estimate of drug-likeness (QED) is 0.232. The van der Waals surface area contributed by atoms with Crippen molar-refractivity contribution in [2.45, 2.75) is 64.1 Å². The second kappa shape index (κ2) is 9.39. The maximum Gasteiger partial charge on any atom is 0.316 e. The van der Waals surface area contributed by atoms with E-state index >= 15 is 0 Å². The van der Waals surface area contributed by atoms with Crippen LogP contribution in [0.4, 0.5) is 22.0 Å². The van der Waals surface area contributed by atoms with Gasteiger partial charge in [-0.05, 0) is 75.4 Å². The normalized spacial score (nSPS) is 21.0. The minimum Gasteiger partial charge on any atom is -0.253 e. The highest BCUT2D eigenvalue weighted by atomic mass is 35.5. The van der Waals surface area contributed by atoms with E-state index in [-0.39, 0.29) is 28.9 Å². The van der Waals surface area contributed by atoms with E-state index in [4.69, 9.17) is 11.6 Å². The van der Waals surface area contributed by atoms with Gasteiger partial charge < -0.3 is 0 Å². The summed E-state index contributed by atoms with van der Waals surface area (Å²) < 4.78 is 74.6. The minimum atomic E-state index is -4.41. The number of rotatable bonds is 7. The first kappa shape index (κ1) is 24.9. The summed E-state index contributed by atoms with van der Waals surface area (Å²) in [5.41, 5.74) is -1.80. The van der Waals surface area contributed by atoms with E-state index in [0.717, 1.165) is 18.0 Å².